The van der Waals surface area contributed by atoms with Gasteiger partial charge in [-0.15, -0.1) is 0 Å². The summed E-state index contributed by atoms with van der Waals surface area (Å²) in [5, 5.41) is 12.1. The SMILES string of the molecule is O=C1CCc2cc(OCCCC(=O)N(CCO)CC3CCC=CO3)ccc2N1. The molecule has 0 bridgehead atoms. The van der Waals surface area contributed by atoms with Crippen LogP contribution in [0.3, 0.4) is 0 Å². The van der Waals surface area contributed by atoms with Crippen LogP contribution in [0.4, 0.5) is 5.69 Å². The van der Waals surface area contributed by atoms with Crippen LogP contribution in [0.1, 0.15) is 37.7 Å². The van der Waals surface area contributed by atoms with Gasteiger partial charge < -0.3 is 24.8 Å². The van der Waals surface area contributed by atoms with Crippen molar-refractivity contribution in [1.82, 2.24) is 4.90 Å². The number of rotatable bonds is 9. The first-order valence-corrected chi connectivity index (χ1v) is 9.90. The average molecular weight is 388 g/mol. The molecule has 2 amide bonds. The van der Waals surface area contributed by atoms with Crippen molar-refractivity contribution in [1.29, 1.82) is 0 Å². The fraction of sp³-hybridized carbons (Fsp3) is 0.524. The summed E-state index contributed by atoms with van der Waals surface area (Å²) >= 11 is 0. The monoisotopic (exact) mass is 388 g/mol. The molecule has 2 aliphatic heterocycles. The largest absolute Gasteiger partial charge is 0.497 e. The van der Waals surface area contributed by atoms with E-state index < -0.39 is 0 Å². The molecule has 3 rings (SSSR count). The summed E-state index contributed by atoms with van der Waals surface area (Å²) in [7, 11) is 0. The van der Waals surface area contributed by atoms with Crippen LogP contribution in [0.15, 0.2) is 30.5 Å². The maximum absolute atomic E-state index is 12.5. The third-order valence-electron chi connectivity index (χ3n) is 4.95. The van der Waals surface area contributed by atoms with E-state index in [1.54, 1.807) is 11.2 Å². The molecule has 152 valence electrons. The predicted octanol–water partition coefficient (Wildman–Crippen LogP) is 2.24. The van der Waals surface area contributed by atoms with Crippen molar-refractivity contribution < 1.29 is 24.2 Å². The molecule has 0 radical (unpaired) electrons. The number of nitrogens with zero attached hydrogens (tertiary/aromatic N) is 1. The maximum Gasteiger partial charge on any atom is 0.224 e. The number of hydrogen-bond donors (Lipinski definition) is 2. The summed E-state index contributed by atoms with van der Waals surface area (Å²) in [4.78, 5) is 25.6. The van der Waals surface area contributed by atoms with Gasteiger partial charge in [0.2, 0.25) is 11.8 Å². The van der Waals surface area contributed by atoms with Crippen molar-refractivity contribution in [2.45, 2.75) is 44.6 Å². The van der Waals surface area contributed by atoms with Crippen LogP contribution in [-0.4, -0.2) is 54.2 Å². The van der Waals surface area contributed by atoms with Gasteiger partial charge >= 0.3 is 0 Å². The fourth-order valence-electron chi connectivity index (χ4n) is 3.42. The van der Waals surface area contributed by atoms with Gasteiger partial charge in [-0.3, -0.25) is 9.59 Å². The molecule has 28 heavy (non-hydrogen) atoms. The lowest BCUT2D eigenvalue weighted by Gasteiger charge is -2.28. The Morgan fingerprint density at radius 1 is 1.36 bits per heavy atom. The maximum atomic E-state index is 12.5. The van der Waals surface area contributed by atoms with E-state index >= 15 is 0 Å². The van der Waals surface area contributed by atoms with Crippen molar-refractivity contribution >= 4 is 17.5 Å². The second-order valence-corrected chi connectivity index (χ2v) is 7.09. The molecule has 1 aromatic carbocycles. The van der Waals surface area contributed by atoms with E-state index in [1.807, 2.05) is 24.3 Å². The number of hydrogen-bond acceptors (Lipinski definition) is 5. The number of ether oxygens (including phenoxy) is 2. The Kier molecular flexibility index (Phi) is 7.31. The van der Waals surface area contributed by atoms with E-state index in [1.165, 1.54) is 0 Å². The number of amides is 2. The van der Waals surface area contributed by atoms with E-state index in [-0.39, 0.29) is 24.5 Å². The van der Waals surface area contributed by atoms with Crippen LogP contribution in [0.5, 0.6) is 5.75 Å². The van der Waals surface area contributed by atoms with Crippen LogP contribution in [-0.2, 0) is 20.7 Å². The van der Waals surface area contributed by atoms with E-state index in [0.717, 1.165) is 29.8 Å². The van der Waals surface area contributed by atoms with E-state index in [9.17, 15) is 14.7 Å². The molecule has 1 atom stereocenters. The number of anilines is 1. The Labute approximate surface area is 165 Å². The van der Waals surface area contributed by atoms with Gasteiger partial charge in [0, 0.05) is 25.1 Å². The molecule has 0 fully saturated rings. The third kappa shape index (κ3) is 5.73. The quantitative estimate of drug-likeness (QED) is 0.634. The number of nitrogens with one attached hydrogen (secondary N) is 1. The Balaban J connectivity index is 1.42. The molecule has 0 saturated carbocycles. The second-order valence-electron chi connectivity index (χ2n) is 7.09. The Morgan fingerprint density at radius 3 is 3.04 bits per heavy atom. The van der Waals surface area contributed by atoms with E-state index in [0.29, 0.717) is 45.4 Å². The van der Waals surface area contributed by atoms with Gasteiger partial charge in [0.25, 0.3) is 0 Å². The average Bonchev–Trinajstić information content (AvgIpc) is 2.71. The number of aliphatic hydroxyl groups is 1. The summed E-state index contributed by atoms with van der Waals surface area (Å²) in [5.41, 5.74) is 1.92. The summed E-state index contributed by atoms with van der Waals surface area (Å²) in [6.45, 7) is 1.20. The van der Waals surface area contributed by atoms with Crippen molar-refractivity contribution in [3.8, 4) is 5.75 Å². The Bertz CT molecular complexity index is 719. The topological polar surface area (TPSA) is 88.1 Å². The minimum Gasteiger partial charge on any atom is -0.497 e. The van der Waals surface area contributed by atoms with Gasteiger partial charge in [-0.2, -0.15) is 0 Å². The van der Waals surface area contributed by atoms with Crippen molar-refractivity contribution in [2.75, 3.05) is 31.6 Å². The van der Waals surface area contributed by atoms with Crippen LogP contribution < -0.4 is 10.1 Å². The van der Waals surface area contributed by atoms with Crippen LogP contribution in [0.25, 0.3) is 0 Å². The summed E-state index contributed by atoms with van der Waals surface area (Å²) in [6.07, 6.45) is 7.65. The summed E-state index contributed by atoms with van der Waals surface area (Å²) in [6, 6.07) is 5.63. The zero-order valence-electron chi connectivity index (χ0n) is 16.1. The molecule has 1 aromatic rings. The molecule has 0 saturated heterocycles. The first kappa shape index (κ1) is 20.2. The van der Waals surface area contributed by atoms with Crippen molar-refractivity contribution in [2.24, 2.45) is 0 Å². The standard InChI is InChI=1S/C21H28N2O5/c24-11-10-23(15-18-4-1-2-12-28-18)21(26)5-3-13-27-17-7-8-19-16(14-17)6-9-20(25)22-19/h2,7-8,12,14,18,24H,1,3-6,9-11,13,15H2,(H,22,25). The molecule has 2 N–H and O–H groups in total. The van der Waals surface area contributed by atoms with Crippen LogP contribution in [0, 0.1) is 0 Å². The Hall–Kier alpha value is -2.54. The van der Waals surface area contributed by atoms with Gasteiger partial charge in [-0.05, 0) is 55.5 Å². The molecule has 0 aliphatic carbocycles. The molecule has 2 aliphatic rings. The number of aliphatic hydroxyl groups excluding tert-OH is 1. The molecular weight excluding hydrogens is 360 g/mol. The predicted molar refractivity (Wildman–Crippen MR) is 105 cm³/mol. The normalized spacial score (nSPS) is 18.0. The minimum absolute atomic E-state index is 0.00366. The van der Waals surface area contributed by atoms with Gasteiger partial charge in [-0.1, -0.05) is 0 Å². The highest BCUT2D eigenvalue weighted by Gasteiger charge is 2.20. The fourth-order valence-corrected chi connectivity index (χ4v) is 3.42. The lowest BCUT2D eigenvalue weighted by atomic mass is 10.0. The second kappa shape index (κ2) is 10.1. The summed E-state index contributed by atoms with van der Waals surface area (Å²) in [5.74, 6) is 0.794. The number of allylic oxidation sites excluding steroid dienone is 1. The molecule has 7 nitrogen and oxygen atoms in total. The molecular formula is C21H28N2O5. The number of benzene rings is 1. The van der Waals surface area contributed by atoms with Gasteiger partial charge in [0.15, 0.2) is 0 Å². The minimum atomic E-state index is -0.0591. The van der Waals surface area contributed by atoms with Gasteiger partial charge in [0.1, 0.15) is 11.9 Å². The van der Waals surface area contributed by atoms with Crippen molar-refractivity contribution in [3.63, 3.8) is 0 Å². The molecule has 0 aromatic heterocycles. The smallest absolute Gasteiger partial charge is 0.224 e. The highest BCUT2D eigenvalue weighted by atomic mass is 16.5. The lowest BCUT2D eigenvalue weighted by molar-refractivity contribution is -0.133. The van der Waals surface area contributed by atoms with Gasteiger partial charge in [0.05, 0.1) is 26.0 Å². The molecule has 0 spiro atoms. The van der Waals surface area contributed by atoms with E-state index in [4.69, 9.17) is 9.47 Å². The first-order valence-electron chi connectivity index (χ1n) is 9.90. The zero-order chi connectivity index (χ0) is 19.8. The number of carbonyl (C=O) groups is 2. The highest BCUT2D eigenvalue weighted by molar-refractivity contribution is 5.94. The molecule has 7 heteroatoms. The highest BCUT2D eigenvalue weighted by Crippen LogP contribution is 2.26. The van der Waals surface area contributed by atoms with Gasteiger partial charge in [-0.25, -0.2) is 0 Å². The van der Waals surface area contributed by atoms with Crippen LogP contribution >= 0.6 is 0 Å². The molecule has 2 heterocycles. The number of fused-ring (bicyclic) bond motifs is 1. The number of aryl methyl sites for hydroxylation is 1. The first-order chi connectivity index (χ1) is 13.7. The third-order valence-corrected chi connectivity index (χ3v) is 4.95. The lowest BCUT2D eigenvalue weighted by Crippen LogP contribution is -2.40. The van der Waals surface area contributed by atoms with Crippen molar-refractivity contribution in [3.05, 3.63) is 36.1 Å². The zero-order valence-corrected chi connectivity index (χ0v) is 16.1. The number of carbonyl (C=O) groups excluding carboxylic acids is 2. The molecule has 1 unspecified atom stereocenters. The Morgan fingerprint density at radius 2 is 2.25 bits per heavy atom. The van der Waals surface area contributed by atoms with E-state index in [2.05, 4.69) is 5.32 Å². The summed E-state index contributed by atoms with van der Waals surface area (Å²) < 4.78 is 11.3. The van der Waals surface area contributed by atoms with Crippen LogP contribution in [0.2, 0.25) is 0 Å².